The van der Waals surface area contributed by atoms with Crippen LogP contribution in [-0.2, 0) is 4.79 Å². The standard InChI is InChI=1S/C13H20F3NO2/c1-2-12(19)7-17(8-12)11(18)9-5-3-4-6-10(9)13(14,15)16/h9-10,19H,2-8H2,1H3. The van der Waals surface area contributed by atoms with Crippen molar-refractivity contribution in [1.29, 1.82) is 0 Å². The molecule has 6 heteroatoms. The van der Waals surface area contributed by atoms with Crippen LogP contribution < -0.4 is 0 Å². The zero-order valence-corrected chi connectivity index (χ0v) is 11.0. The van der Waals surface area contributed by atoms with E-state index >= 15 is 0 Å². The predicted molar refractivity (Wildman–Crippen MR) is 63.3 cm³/mol. The van der Waals surface area contributed by atoms with Crippen molar-refractivity contribution in [2.75, 3.05) is 13.1 Å². The van der Waals surface area contributed by atoms with Crippen molar-refractivity contribution in [3.05, 3.63) is 0 Å². The van der Waals surface area contributed by atoms with Crippen molar-refractivity contribution in [3.8, 4) is 0 Å². The Labute approximate surface area is 110 Å². The number of amides is 1. The first-order chi connectivity index (χ1) is 8.77. The molecular weight excluding hydrogens is 259 g/mol. The minimum atomic E-state index is -4.30. The molecule has 3 nitrogen and oxygen atoms in total. The van der Waals surface area contributed by atoms with Crippen molar-refractivity contribution in [2.45, 2.75) is 50.8 Å². The van der Waals surface area contributed by atoms with Gasteiger partial charge >= 0.3 is 6.18 Å². The number of aliphatic hydroxyl groups is 1. The zero-order chi connectivity index (χ0) is 14.3. The van der Waals surface area contributed by atoms with E-state index in [9.17, 15) is 23.1 Å². The van der Waals surface area contributed by atoms with E-state index in [2.05, 4.69) is 0 Å². The summed E-state index contributed by atoms with van der Waals surface area (Å²) in [7, 11) is 0. The van der Waals surface area contributed by atoms with Crippen molar-refractivity contribution < 1.29 is 23.1 Å². The smallest absolute Gasteiger partial charge is 0.386 e. The van der Waals surface area contributed by atoms with Gasteiger partial charge in [0.25, 0.3) is 0 Å². The van der Waals surface area contributed by atoms with E-state index in [1.807, 2.05) is 0 Å². The fourth-order valence-electron chi connectivity index (χ4n) is 3.10. The van der Waals surface area contributed by atoms with E-state index < -0.39 is 29.5 Å². The summed E-state index contributed by atoms with van der Waals surface area (Å²) in [6.45, 7) is 2.15. The van der Waals surface area contributed by atoms with E-state index in [-0.39, 0.29) is 19.5 Å². The monoisotopic (exact) mass is 279 g/mol. The van der Waals surface area contributed by atoms with Crippen LogP contribution in [0.5, 0.6) is 0 Å². The number of hydrogen-bond donors (Lipinski definition) is 1. The highest BCUT2D eigenvalue weighted by Gasteiger charge is 2.51. The number of rotatable bonds is 2. The lowest BCUT2D eigenvalue weighted by Crippen LogP contribution is -2.65. The van der Waals surface area contributed by atoms with Crippen molar-refractivity contribution >= 4 is 5.91 Å². The van der Waals surface area contributed by atoms with Gasteiger partial charge in [0, 0.05) is 5.92 Å². The number of carbonyl (C=O) groups is 1. The average molecular weight is 279 g/mol. The molecule has 2 atom stereocenters. The first kappa shape index (κ1) is 14.6. The topological polar surface area (TPSA) is 40.5 Å². The van der Waals surface area contributed by atoms with Gasteiger partial charge in [-0.25, -0.2) is 0 Å². The van der Waals surface area contributed by atoms with Crippen LogP contribution in [0.1, 0.15) is 39.0 Å². The van der Waals surface area contributed by atoms with Gasteiger partial charge in [0.15, 0.2) is 0 Å². The Balaban J connectivity index is 2.01. The molecule has 0 aromatic rings. The van der Waals surface area contributed by atoms with Crippen LogP contribution in [0, 0.1) is 11.8 Å². The number of β-amino-alcohol motifs (C(OH)–C–C–N with tert-alkyl or cyclic N) is 1. The summed E-state index contributed by atoms with van der Waals surface area (Å²) in [5.41, 5.74) is -0.891. The second-order valence-corrected chi connectivity index (χ2v) is 5.81. The molecule has 2 rings (SSSR count). The third-order valence-corrected chi connectivity index (χ3v) is 4.44. The molecule has 1 amide bonds. The molecule has 1 heterocycles. The van der Waals surface area contributed by atoms with Crippen LogP contribution >= 0.6 is 0 Å². The van der Waals surface area contributed by atoms with Gasteiger partial charge < -0.3 is 10.0 Å². The third kappa shape index (κ3) is 2.88. The molecule has 2 unspecified atom stereocenters. The average Bonchev–Trinajstić information content (AvgIpc) is 2.33. The van der Waals surface area contributed by atoms with Gasteiger partial charge in [-0.3, -0.25) is 4.79 Å². The van der Waals surface area contributed by atoms with Crippen molar-refractivity contribution in [2.24, 2.45) is 11.8 Å². The molecule has 0 aromatic heterocycles. The van der Waals surface area contributed by atoms with Crippen LogP contribution in [0.4, 0.5) is 13.2 Å². The maximum Gasteiger partial charge on any atom is 0.392 e. The van der Waals surface area contributed by atoms with Crippen LogP contribution in [0.3, 0.4) is 0 Å². The summed E-state index contributed by atoms with van der Waals surface area (Å²) in [6, 6.07) is 0. The molecule has 2 aliphatic rings. The second kappa shape index (κ2) is 4.96. The first-order valence-corrected chi connectivity index (χ1v) is 6.85. The molecule has 1 aliphatic heterocycles. The Hall–Kier alpha value is -0.780. The lowest BCUT2D eigenvalue weighted by molar-refractivity contribution is -0.206. The normalized spacial score (nSPS) is 30.9. The summed E-state index contributed by atoms with van der Waals surface area (Å²) >= 11 is 0. The van der Waals surface area contributed by atoms with Crippen molar-refractivity contribution in [1.82, 2.24) is 4.90 Å². The van der Waals surface area contributed by atoms with Crippen molar-refractivity contribution in [3.63, 3.8) is 0 Å². The van der Waals surface area contributed by atoms with Crippen LogP contribution in [-0.4, -0.2) is 40.8 Å². The van der Waals surface area contributed by atoms with E-state index in [1.165, 1.54) is 4.90 Å². The van der Waals surface area contributed by atoms with Gasteiger partial charge in [-0.2, -0.15) is 13.2 Å². The molecule has 0 radical (unpaired) electrons. The summed E-state index contributed by atoms with van der Waals surface area (Å²) in [4.78, 5) is 13.5. The van der Waals surface area contributed by atoms with Crippen LogP contribution in [0.25, 0.3) is 0 Å². The second-order valence-electron chi connectivity index (χ2n) is 5.81. The number of halogens is 3. The quantitative estimate of drug-likeness (QED) is 0.843. The maximum atomic E-state index is 12.9. The highest BCUT2D eigenvalue weighted by Crippen LogP contribution is 2.43. The summed E-state index contributed by atoms with van der Waals surface area (Å²) in [5.74, 6) is -2.89. The Kier molecular flexibility index (Phi) is 3.82. The summed E-state index contributed by atoms with van der Waals surface area (Å²) < 4.78 is 38.8. The molecule has 2 fully saturated rings. The van der Waals surface area contributed by atoms with E-state index in [0.717, 1.165) is 0 Å². The van der Waals surface area contributed by atoms with Gasteiger partial charge in [-0.15, -0.1) is 0 Å². The molecule has 0 spiro atoms. The van der Waals surface area contributed by atoms with E-state index in [0.29, 0.717) is 25.7 Å². The summed E-state index contributed by atoms with van der Waals surface area (Å²) in [5, 5.41) is 9.85. The molecule has 1 saturated carbocycles. The van der Waals surface area contributed by atoms with E-state index in [1.54, 1.807) is 6.92 Å². The predicted octanol–water partition coefficient (Wildman–Crippen LogP) is 2.34. The Morgan fingerprint density at radius 2 is 1.89 bits per heavy atom. The van der Waals surface area contributed by atoms with Gasteiger partial charge in [0.05, 0.1) is 24.6 Å². The Bertz CT molecular complexity index is 350. The number of nitrogens with zero attached hydrogens (tertiary/aromatic N) is 1. The van der Waals surface area contributed by atoms with Gasteiger partial charge in [-0.05, 0) is 19.3 Å². The minimum Gasteiger partial charge on any atom is -0.386 e. The molecule has 19 heavy (non-hydrogen) atoms. The fourth-order valence-corrected chi connectivity index (χ4v) is 3.10. The Morgan fingerprint density at radius 1 is 1.32 bits per heavy atom. The lowest BCUT2D eigenvalue weighted by atomic mass is 9.77. The molecule has 0 aromatic carbocycles. The SMILES string of the molecule is CCC1(O)CN(C(=O)C2CCCCC2C(F)(F)F)C1. The van der Waals surface area contributed by atoms with E-state index in [4.69, 9.17) is 0 Å². The van der Waals surface area contributed by atoms with Crippen LogP contribution in [0.15, 0.2) is 0 Å². The molecule has 1 aliphatic carbocycles. The minimum absolute atomic E-state index is 0.0474. The number of hydrogen-bond acceptors (Lipinski definition) is 2. The number of carbonyl (C=O) groups excluding carboxylic acids is 1. The Morgan fingerprint density at radius 3 is 2.42 bits per heavy atom. The highest BCUT2D eigenvalue weighted by atomic mass is 19.4. The largest absolute Gasteiger partial charge is 0.392 e. The molecule has 0 bridgehead atoms. The molecule has 1 saturated heterocycles. The van der Waals surface area contributed by atoms with Crippen LogP contribution in [0.2, 0.25) is 0 Å². The molecule has 1 N–H and O–H groups in total. The van der Waals surface area contributed by atoms with Gasteiger partial charge in [0.2, 0.25) is 5.91 Å². The number of likely N-dealkylation sites (tertiary alicyclic amines) is 1. The number of alkyl halides is 3. The first-order valence-electron chi connectivity index (χ1n) is 6.85. The summed E-state index contributed by atoms with van der Waals surface area (Å²) in [6.07, 6.45) is -2.21. The lowest BCUT2D eigenvalue weighted by Gasteiger charge is -2.48. The van der Waals surface area contributed by atoms with Gasteiger partial charge in [0.1, 0.15) is 0 Å². The molecule has 110 valence electrons. The zero-order valence-electron chi connectivity index (χ0n) is 11.0. The fraction of sp³-hybridized carbons (Fsp3) is 0.923. The molecular formula is C13H20F3NO2. The maximum absolute atomic E-state index is 12.9. The third-order valence-electron chi connectivity index (χ3n) is 4.44. The highest BCUT2D eigenvalue weighted by molar-refractivity contribution is 5.80. The van der Waals surface area contributed by atoms with Gasteiger partial charge in [-0.1, -0.05) is 19.8 Å².